The Morgan fingerprint density at radius 3 is 3.00 bits per heavy atom. The minimum Gasteiger partial charge on any atom is -0.493 e. The fraction of sp³-hybridized carbons (Fsp3) is 0.538. The van der Waals surface area contributed by atoms with Crippen molar-refractivity contribution in [2.45, 2.75) is 24.7 Å². The van der Waals surface area contributed by atoms with Crippen molar-refractivity contribution < 1.29 is 19.5 Å². The van der Waals surface area contributed by atoms with Crippen molar-refractivity contribution in [1.82, 2.24) is 0 Å². The van der Waals surface area contributed by atoms with E-state index in [0.717, 1.165) is 18.8 Å². The Hall–Kier alpha value is -0.685. The highest BCUT2D eigenvalue weighted by molar-refractivity contribution is 8.00. The van der Waals surface area contributed by atoms with E-state index in [-0.39, 0.29) is 0 Å². The first-order valence-corrected chi connectivity index (χ1v) is 7.54. The molecule has 0 aliphatic carbocycles. The third-order valence-corrected chi connectivity index (χ3v) is 4.60. The summed E-state index contributed by atoms with van der Waals surface area (Å²) in [5.41, 5.74) is 0.447. The van der Waals surface area contributed by atoms with Gasteiger partial charge in [0.2, 0.25) is 0 Å². The second kappa shape index (κ2) is 7.19. The zero-order chi connectivity index (χ0) is 13.7. The predicted octanol–water partition coefficient (Wildman–Crippen LogP) is 0.656. The van der Waals surface area contributed by atoms with Gasteiger partial charge >= 0.3 is 7.12 Å². The van der Waals surface area contributed by atoms with Gasteiger partial charge < -0.3 is 19.5 Å². The molecule has 1 heterocycles. The van der Waals surface area contributed by atoms with Crippen LogP contribution in [0.5, 0.6) is 5.75 Å². The van der Waals surface area contributed by atoms with Crippen LogP contribution < -0.4 is 10.2 Å². The maximum Gasteiger partial charge on any atom is 0.488 e. The summed E-state index contributed by atoms with van der Waals surface area (Å²) in [7, 11) is -1.45. The summed E-state index contributed by atoms with van der Waals surface area (Å²) in [5, 5.41) is 18.7. The number of ether oxygens (including phenoxy) is 2. The largest absolute Gasteiger partial charge is 0.493 e. The molecule has 2 N–H and O–H groups in total. The van der Waals surface area contributed by atoms with Crippen molar-refractivity contribution >= 4 is 24.3 Å². The van der Waals surface area contributed by atoms with E-state index in [4.69, 9.17) is 19.5 Å². The first-order valence-electron chi connectivity index (χ1n) is 6.49. The molecule has 104 valence electrons. The lowest BCUT2D eigenvalue weighted by Crippen LogP contribution is -2.29. The zero-order valence-corrected chi connectivity index (χ0v) is 11.8. The highest BCUT2D eigenvalue weighted by atomic mass is 32.2. The van der Waals surface area contributed by atoms with Crippen LogP contribution in [0.15, 0.2) is 24.3 Å². The first kappa shape index (κ1) is 14.7. The van der Waals surface area contributed by atoms with E-state index in [1.165, 1.54) is 0 Å². The normalized spacial score (nSPS) is 22.5. The maximum absolute atomic E-state index is 9.07. The summed E-state index contributed by atoms with van der Waals surface area (Å²) < 4.78 is 11.1. The average Bonchev–Trinajstić information content (AvgIpc) is 2.81. The van der Waals surface area contributed by atoms with Crippen LogP contribution >= 0.6 is 11.8 Å². The lowest BCUT2D eigenvalue weighted by atomic mass is 9.80. The molecule has 2 atom stereocenters. The lowest BCUT2D eigenvalue weighted by molar-refractivity contribution is 0.127. The van der Waals surface area contributed by atoms with Crippen molar-refractivity contribution in [3.8, 4) is 5.75 Å². The van der Waals surface area contributed by atoms with Gasteiger partial charge in [-0.3, -0.25) is 0 Å². The Labute approximate surface area is 118 Å². The van der Waals surface area contributed by atoms with E-state index in [1.54, 1.807) is 18.2 Å². The Morgan fingerprint density at radius 1 is 1.47 bits per heavy atom. The van der Waals surface area contributed by atoms with E-state index in [1.807, 2.05) is 17.8 Å². The molecule has 0 amide bonds. The SMILES string of the molecule is CC1OCCC1SCCOc1cccc(B(O)O)c1. The molecule has 0 saturated carbocycles. The Bertz CT molecular complexity index is 402. The van der Waals surface area contributed by atoms with Gasteiger partial charge in [-0.05, 0) is 30.9 Å². The van der Waals surface area contributed by atoms with Gasteiger partial charge in [0.15, 0.2) is 0 Å². The van der Waals surface area contributed by atoms with Crippen LogP contribution in [0.2, 0.25) is 0 Å². The summed E-state index contributed by atoms with van der Waals surface area (Å²) in [5.74, 6) is 1.58. The van der Waals surface area contributed by atoms with Gasteiger partial charge in [0, 0.05) is 17.6 Å². The highest BCUT2D eigenvalue weighted by Crippen LogP contribution is 2.26. The molecule has 6 heteroatoms. The van der Waals surface area contributed by atoms with Gasteiger partial charge in [-0.25, -0.2) is 0 Å². The molecular weight excluding hydrogens is 263 g/mol. The number of rotatable bonds is 6. The van der Waals surface area contributed by atoms with E-state index in [0.29, 0.717) is 29.2 Å². The van der Waals surface area contributed by atoms with E-state index in [9.17, 15) is 0 Å². The highest BCUT2D eigenvalue weighted by Gasteiger charge is 2.24. The van der Waals surface area contributed by atoms with E-state index >= 15 is 0 Å². The standard InChI is InChI=1S/C13H19BO4S/c1-10-13(5-6-17-10)19-8-7-18-12-4-2-3-11(9-12)14(15)16/h2-4,9-10,13,15-16H,5-8H2,1H3. The van der Waals surface area contributed by atoms with Gasteiger partial charge in [0.25, 0.3) is 0 Å². The van der Waals surface area contributed by atoms with Crippen molar-refractivity contribution in [2.24, 2.45) is 0 Å². The van der Waals surface area contributed by atoms with Crippen LogP contribution in [0.3, 0.4) is 0 Å². The molecule has 1 aliphatic heterocycles. The van der Waals surface area contributed by atoms with Gasteiger partial charge in [-0.15, -0.1) is 0 Å². The van der Waals surface area contributed by atoms with E-state index in [2.05, 4.69) is 6.92 Å². The molecule has 0 radical (unpaired) electrons. The smallest absolute Gasteiger partial charge is 0.488 e. The zero-order valence-electron chi connectivity index (χ0n) is 11.0. The number of hydrogen-bond donors (Lipinski definition) is 2. The summed E-state index contributed by atoms with van der Waals surface area (Å²) in [6, 6.07) is 6.88. The fourth-order valence-corrected chi connectivity index (χ4v) is 3.15. The molecule has 1 saturated heterocycles. The first-order chi connectivity index (χ1) is 9.16. The van der Waals surface area contributed by atoms with Crippen LogP contribution in [0.25, 0.3) is 0 Å². The maximum atomic E-state index is 9.07. The van der Waals surface area contributed by atoms with Crippen LogP contribution in [-0.4, -0.2) is 47.5 Å². The van der Waals surface area contributed by atoms with E-state index < -0.39 is 7.12 Å². The van der Waals surface area contributed by atoms with Gasteiger partial charge in [0.1, 0.15) is 5.75 Å². The van der Waals surface area contributed by atoms with Gasteiger partial charge in [-0.2, -0.15) is 11.8 Å². The predicted molar refractivity (Wildman–Crippen MR) is 78.0 cm³/mol. The van der Waals surface area contributed by atoms with Crippen LogP contribution in [0.1, 0.15) is 13.3 Å². The molecule has 1 fully saturated rings. The number of thioether (sulfide) groups is 1. The summed E-state index contributed by atoms with van der Waals surface area (Å²) in [6.45, 7) is 3.58. The van der Waals surface area contributed by atoms with Crippen molar-refractivity contribution in [1.29, 1.82) is 0 Å². The monoisotopic (exact) mass is 282 g/mol. The molecule has 0 spiro atoms. The number of hydrogen-bond acceptors (Lipinski definition) is 5. The molecule has 2 unspecified atom stereocenters. The minimum absolute atomic E-state index is 0.331. The third-order valence-electron chi connectivity index (χ3n) is 3.15. The Morgan fingerprint density at radius 2 is 2.32 bits per heavy atom. The summed E-state index contributed by atoms with van der Waals surface area (Å²) >= 11 is 1.87. The fourth-order valence-electron chi connectivity index (χ4n) is 2.05. The topological polar surface area (TPSA) is 58.9 Å². The Balaban J connectivity index is 1.72. The summed E-state index contributed by atoms with van der Waals surface area (Å²) in [6.07, 6.45) is 1.44. The third kappa shape index (κ3) is 4.42. The van der Waals surface area contributed by atoms with Crippen molar-refractivity contribution in [3.05, 3.63) is 24.3 Å². The van der Waals surface area contributed by atoms with Crippen molar-refractivity contribution in [2.75, 3.05) is 19.0 Å². The number of benzene rings is 1. The second-order valence-corrected chi connectivity index (χ2v) is 5.92. The average molecular weight is 282 g/mol. The van der Waals surface area contributed by atoms with Crippen LogP contribution in [0.4, 0.5) is 0 Å². The quantitative estimate of drug-likeness (QED) is 0.593. The molecule has 19 heavy (non-hydrogen) atoms. The molecule has 1 aliphatic rings. The molecule has 2 rings (SSSR count). The van der Waals surface area contributed by atoms with Crippen LogP contribution in [0, 0.1) is 0 Å². The Kier molecular flexibility index (Phi) is 5.57. The minimum atomic E-state index is -1.45. The molecule has 0 bridgehead atoms. The lowest BCUT2D eigenvalue weighted by Gasteiger charge is -2.13. The molecule has 0 aromatic heterocycles. The van der Waals surface area contributed by atoms with Gasteiger partial charge in [0.05, 0.1) is 12.7 Å². The summed E-state index contributed by atoms with van der Waals surface area (Å²) in [4.78, 5) is 0. The van der Waals surface area contributed by atoms with Crippen molar-refractivity contribution in [3.63, 3.8) is 0 Å². The van der Waals surface area contributed by atoms with Gasteiger partial charge in [-0.1, -0.05) is 12.1 Å². The van der Waals surface area contributed by atoms with Crippen LogP contribution in [-0.2, 0) is 4.74 Å². The second-order valence-electron chi connectivity index (χ2n) is 4.57. The molecule has 1 aromatic carbocycles. The molecule has 1 aromatic rings. The molecule has 4 nitrogen and oxygen atoms in total. The molecular formula is C13H19BO4S.